The molecule has 0 spiro atoms. The summed E-state index contributed by atoms with van der Waals surface area (Å²) >= 11 is 0. The fraction of sp³-hybridized carbons (Fsp3) is 0.857. The first-order chi connectivity index (χ1) is 11.4. The van der Waals surface area contributed by atoms with Gasteiger partial charge in [-0.1, -0.05) is 0 Å². The van der Waals surface area contributed by atoms with Crippen molar-refractivity contribution in [2.75, 3.05) is 27.7 Å². The van der Waals surface area contributed by atoms with E-state index in [0.29, 0.717) is 18.5 Å². The van der Waals surface area contributed by atoms with Gasteiger partial charge in [-0.3, -0.25) is 15.3 Å². The Bertz CT molecular complexity index is 446. The lowest BCUT2D eigenvalue weighted by atomic mass is 10.5. The summed E-state index contributed by atoms with van der Waals surface area (Å²) in [6, 6.07) is 0.763. The molecule has 11 heteroatoms. The Morgan fingerprint density at radius 3 is 1.84 bits per heavy atom. The number of nitrogens with two attached hydrogens (primary N) is 1. The maximum atomic E-state index is 6.42. The molecule has 0 fully saturated rings. The minimum absolute atomic E-state index is 0.317. The topological polar surface area (TPSA) is 102 Å². The molecule has 0 amide bonds. The van der Waals surface area contributed by atoms with E-state index < -0.39 is 25.4 Å². The number of hydrogen-bond acceptors (Lipinski definition) is 5. The van der Waals surface area contributed by atoms with Gasteiger partial charge in [0.1, 0.15) is 0 Å². The Morgan fingerprint density at radius 2 is 1.48 bits per heavy atom. The van der Waals surface area contributed by atoms with Crippen molar-refractivity contribution in [3.8, 4) is 0 Å². The van der Waals surface area contributed by atoms with E-state index in [1.54, 1.807) is 21.2 Å². The molecule has 4 N–H and O–H groups in total. The zero-order valence-electron chi connectivity index (χ0n) is 17.3. The average molecular weight is 408 g/mol. The van der Waals surface area contributed by atoms with Crippen LogP contribution in [0.4, 0.5) is 0 Å². The summed E-state index contributed by atoms with van der Waals surface area (Å²) in [5.41, 5.74) is 5.66. The number of nitrogens with zero attached hydrogens (tertiary/aromatic N) is 2. The maximum absolute atomic E-state index is 6.42. The average Bonchev–Trinajstić information content (AvgIpc) is 2.46. The molecule has 0 rings (SSSR count). The highest BCUT2D eigenvalue weighted by Gasteiger charge is 2.46. The van der Waals surface area contributed by atoms with E-state index in [1.165, 1.54) is 0 Å². The maximum Gasteiger partial charge on any atom is 0.479 e. The highest BCUT2D eigenvalue weighted by molar-refractivity contribution is 6.85. The second-order valence-corrected chi connectivity index (χ2v) is 20.0. The van der Waals surface area contributed by atoms with Gasteiger partial charge in [0.2, 0.25) is 0 Å². The Kier molecular flexibility index (Phi) is 10.1. The molecule has 0 bridgehead atoms. The minimum atomic E-state index is -2.69. The van der Waals surface area contributed by atoms with Crippen LogP contribution in [0, 0.1) is 0 Å². The third-order valence-corrected chi connectivity index (χ3v) is 11.9. The number of rotatable bonds is 9. The fourth-order valence-corrected chi connectivity index (χ4v) is 12.4. The van der Waals surface area contributed by atoms with E-state index in [1.807, 2.05) is 0 Å². The third-order valence-electron chi connectivity index (χ3n) is 2.90. The van der Waals surface area contributed by atoms with Crippen LogP contribution >= 0.6 is 0 Å². The van der Waals surface area contributed by atoms with Gasteiger partial charge < -0.3 is 23.7 Å². The van der Waals surface area contributed by atoms with E-state index in [0.717, 1.165) is 12.5 Å². The molecule has 0 aromatic rings. The van der Waals surface area contributed by atoms with Crippen molar-refractivity contribution in [3.63, 3.8) is 0 Å². The van der Waals surface area contributed by atoms with Crippen molar-refractivity contribution in [2.45, 2.75) is 51.7 Å². The van der Waals surface area contributed by atoms with Gasteiger partial charge in [-0.2, -0.15) is 0 Å². The number of guanidine groups is 2. The second-order valence-electron chi connectivity index (χ2n) is 7.65. The molecule has 148 valence electrons. The van der Waals surface area contributed by atoms with Crippen molar-refractivity contribution < 1.29 is 12.7 Å². The van der Waals surface area contributed by atoms with Gasteiger partial charge in [0.15, 0.2) is 28.6 Å². The molecular weight excluding hydrogens is 370 g/mol. The molecule has 0 radical (unpaired) electrons. The van der Waals surface area contributed by atoms with Crippen molar-refractivity contribution in [2.24, 2.45) is 15.7 Å². The molecule has 0 aliphatic heterocycles. The van der Waals surface area contributed by atoms with E-state index in [9.17, 15) is 0 Å². The van der Waals surface area contributed by atoms with Gasteiger partial charge in [-0.25, -0.2) is 0 Å². The van der Waals surface area contributed by atoms with Crippen LogP contribution < -0.4 is 16.4 Å². The van der Waals surface area contributed by atoms with E-state index in [-0.39, 0.29) is 0 Å². The van der Waals surface area contributed by atoms with Crippen molar-refractivity contribution >= 4 is 37.4 Å². The lowest BCUT2D eigenvalue weighted by Crippen LogP contribution is -2.56. The fourth-order valence-electron chi connectivity index (χ4n) is 2.11. The summed E-state index contributed by atoms with van der Waals surface area (Å²) in [6.45, 7) is 13.7. The Hall–Kier alpha value is -0.729. The number of aliphatic imine (C=N–C) groups is 2. The summed E-state index contributed by atoms with van der Waals surface area (Å²) < 4.78 is 18.7. The molecule has 25 heavy (non-hydrogen) atoms. The minimum Gasteiger partial charge on any atom is -0.416 e. The van der Waals surface area contributed by atoms with E-state index in [4.69, 9.17) is 18.4 Å². The van der Waals surface area contributed by atoms with Gasteiger partial charge in [-0.15, -0.1) is 0 Å². The summed E-state index contributed by atoms with van der Waals surface area (Å²) in [5.74, 6) is 0.905. The molecular formula is C14H37N5O3Si3. The second kappa shape index (κ2) is 10.4. The first-order valence-electron chi connectivity index (χ1n) is 8.52. The Morgan fingerprint density at radius 1 is 0.960 bits per heavy atom. The predicted octanol–water partition coefficient (Wildman–Crippen LogP) is 1.77. The molecule has 0 aliphatic rings. The van der Waals surface area contributed by atoms with E-state index in [2.05, 4.69) is 59.9 Å². The SMILES string of the molecule is CN=C(N)NC(=NC)NCCC[Si](OC)(O[Si](C)(C)C)O[Si](C)(C)C. The van der Waals surface area contributed by atoms with Crippen LogP contribution in [0.1, 0.15) is 6.42 Å². The molecule has 0 aromatic heterocycles. The summed E-state index contributed by atoms with van der Waals surface area (Å²) in [6.07, 6.45) is 0.846. The molecule has 0 heterocycles. The van der Waals surface area contributed by atoms with Crippen LogP contribution in [-0.2, 0) is 12.7 Å². The smallest absolute Gasteiger partial charge is 0.416 e. The van der Waals surface area contributed by atoms with Gasteiger partial charge in [0.05, 0.1) is 0 Å². The lowest BCUT2D eigenvalue weighted by Gasteiger charge is -2.38. The molecule has 0 atom stereocenters. The highest BCUT2D eigenvalue weighted by Crippen LogP contribution is 2.25. The largest absolute Gasteiger partial charge is 0.479 e. The van der Waals surface area contributed by atoms with Crippen molar-refractivity contribution in [1.29, 1.82) is 0 Å². The van der Waals surface area contributed by atoms with Crippen molar-refractivity contribution in [3.05, 3.63) is 0 Å². The van der Waals surface area contributed by atoms with Crippen molar-refractivity contribution in [1.82, 2.24) is 10.6 Å². The normalized spacial score (nSPS) is 14.6. The van der Waals surface area contributed by atoms with Crippen LogP contribution in [0.5, 0.6) is 0 Å². The summed E-state index contributed by atoms with van der Waals surface area (Å²) in [4.78, 5) is 7.97. The zero-order chi connectivity index (χ0) is 19.7. The molecule has 8 nitrogen and oxygen atoms in total. The Balaban J connectivity index is 4.82. The molecule has 0 unspecified atom stereocenters. The van der Waals surface area contributed by atoms with Crippen LogP contribution in [0.25, 0.3) is 0 Å². The first kappa shape index (κ1) is 24.3. The number of hydrogen-bond donors (Lipinski definition) is 3. The predicted molar refractivity (Wildman–Crippen MR) is 113 cm³/mol. The molecule has 0 saturated carbocycles. The Labute approximate surface area is 156 Å². The van der Waals surface area contributed by atoms with Crippen LogP contribution in [0.3, 0.4) is 0 Å². The first-order valence-corrected chi connectivity index (χ1v) is 17.3. The zero-order valence-corrected chi connectivity index (χ0v) is 20.3. The van der Waals surface area contributed by atoms with Crippen LogP contribution in [-0.4, -0.2) is 65.1 Å². The molecule has 0 saturated heterocycles. The molecule has 0 aromatic carbocycles. The van der Waals surface area contributed by atoms with Crippen LogP contribution in [0.15, 0.2) is 9.98 Å². The van der Waals surface area contributed by atoms with Crippen LogP contribution in [0.2, 0.25) is 45.3 Å². The highest BCUT2D eigenvalue weighted by atomic mass is 28.5. The summed E-state index contributed by atoms with van der Waals surface area (Å²) in [5, 5.41) is 6.12. The van der Waals surface area contributed by atoms with E-state index >= 15 is 0 Å². The number of nitrogens with one attached hydrogen (secondary N) is 2. The van der Waals surface area contributed by atoms with Gasteiger partial charge >= 0.3 is 8.80 Å². The molecule has 0 aliphatic carbocycles. The van der Waals surface area contributed by atoms with Gasteiger partial charge in [0, 0.05) is 33.8 Å². The monoisotopic (exact) mass is 407 g/mol. The standard InChI is InChI=1S/C14H37N5O3Si3/c1-16-13(15)19-14(17-2)18-11-10-12-25(20-3,21-23(4,5)6)22-24(7,8)9/h10-12H2,1-9H3,(H4,15,16,17,18,19). The quantitative estimate of drug-likeness (QED) is 0.233. The van der Waals surface area contributed by atoms with Gasteiger partial charge in [0.25, 0.3) is 0 Å². The van der Waals surface area contributed by atoms with Gasteiger partial charge in [-0.05, 0) is 45.7 Å². The summed E-state index contributed by atoms with van der Waals surface area (Å²) in [7, 11) is -1.24. The lowest BCUT2D eigenvalue weighted by molar-refractivity contribution is 0.198. The third kappa shape index (κ3) is 11.5.